The van der Waals surface area contributed by atoms with E-state index >= 15 is 0 Å². The van der Waals surface area contributed by atoms with Crippen molar-refractivity contribution < 1.29 is 0 Å². The molecule has 0 aromatic carbocycles. The number of nitrogens with one attached hydrogen (secondary N) is 2. The van der Waals surface area contributed by atoms with Gasteiger partial charge in [-0.05, 0) is 64.1 Å². The molecule has 0 amide bonds. The number of hydrogen-bond acceptors (Lipinski definition) is 6. The Kier molecular flexibility index (Phi) is 5.25. The highest BCUT2D eigenvalue weighted by Crippen LogP contribution is 2.22. The zero-order chi connectivity index (χ0) is 19.7. The van der Waals surface area contributed by atoms with E-state index in [1.54, 1.807) is 6.20 Å². The standard InChI is InChI=1S/C20H28N6OS/c1-20(2,3)26-17-16(12-22-26)18(27)24-19(23-17)21-11-14-6-8-25(9-7-14)13-15-5-4-10-28-15/h4-5,10,12,14H,6-9,11,13H2,1-3H3,(H2,21,23,24,27). The van der Waals surface area contributed by atoms with Crippen molar-refractivity contribution in [1.82, 2.24) is 24.6 Å². The van der Waals surface area contributed by atoms with E-state index in [4.69, 9.17) is 0 Å². The Balaban J connectivity index is 1.37. The van der Waals surface area contributed by atoms with E-state index in [0.717, 1.165) is 39.0 Å². The second kappa shape index (κ2) is 7.67. The zero-order valence-corrected chi connectivity index (χ0v) is 17.6. The molecular weight excluding hydrogens is 372 g/mol. The van der Waals surface area contributed by atoms with E-state index in [1.807, 2.05) is 16.0 Å². The molecule has 3 aromatic heterocycles. The van der Waals surface area contributed by atoms with Crippen LogP contribution in [-0.2, 0) is 12.1 Å². The van der Waals surface area contributed by atoms with Crippen LogP contribution in [0.25, 0.3) is 11.0 Å². The van der Waals surface area contributed by atoms with E-state index in [0.29, 0.717) is 22.9 Å². The summed E-state index contributed by atoms with van der Waals surface area (Å²) in [5.41, 5.74) is 0.258. The topological polar surface area (TPSA) is 78.8 Å². The van der Waals surface area contributed by atoms with Gasteiger partial charge in [0.2, 0.25) is 5.95 Å². The lowest BCUT2D eigenvalue weighted by molar-refractivity contribution is 0.183. The maximum Gasteiger partial charge on any atom is 0.263 e. The first-order chi connectivity index (χ1) is 13.4. The Morgan fingerprint density at radius 1 is 1.32 bits per heavy atom. The number of thiophene rings is 1. The third-order valence-electron chi connectivity index (χ3n) is 5.30. The molecule has 1 fully saturated rings. The van der Waals surface area contributed by atoms with Gasteiger partial charge in [0.1, 0.15) is 5.39 Å². The number of H-pyrrole nitrogens is 1. The van der Waals surface area contributed by atoms with E-state index < -0.39 is 0 Å². The second-order valence-corrected chi connectivity index (χ2v) is 9.59. The summed E-state index contributed by atoms with van der Waals surface area (Å²) in [7, 11) is 0. The van der Waals surface area contributed by atoms with E-state index in [-0.39, 0.29) is 11.1 Å². The lowest BCUT2D eigenvalue weighted by Gasteiger charge is -2.31. The number of fused-ring (bicyclic) bond motifs is 1. The van der Waals surface area contributed by atoms with Gasteiger partial charge in [-0.3, -0.25) is 14.7 Å². The van der Waals surface area contributed by atoms with Gasteiger partial charge in [-0.2, -0.15) is 10.1 Å². The summed E-state index contributed by atoms with van der Waals surface area (Å²) in [5, 5.41) is 10.4. The fourth-order valence-corrected chi connectivity index (χ4v) is 4.45. The first kappa shape index (κ1) is 19.1. The van der Waals surface area contributed by atoms with Crippen molar-refractivity contribution in [2.75, 3.05) is 25.0 Å². The number of nitrogens with zero attached hydrogens (tertiary/aromatic N) is 4. The Morgan fingerprint density at radius 3 is 2.79 bits per heavy atom. The largest absolute Gasteiger partial charge is 0.355 e. The molecule has 2 N–H and O–H groups in total. The van der Waals surface area contributed by atoms with Gasteiger partial charge in [-0.25, -0.2) is 4.68 Å². The molecule has 150 valence electrons. The van der Waals surface area contributed by atoms with Crippen LogP contribution in [0.5, 0.6) is 0 Å². The van der Waals surface area contributed by atoms with Gasteiger partial charge >= 0.3 is 0 Å². The van der Waals surface area contributed by atoms with Gasteiger partial charge in [0.15, 0.2) is 5.65 Å². The Labute approximate surface area is 168 Å². The molecular formula is C20H28N6OS. The molecule has 0 unspecified atom stereocenters. The third kappa shape index (κ3) is 4.12. The third-order valence-corrected chi connectivity index (χ3v) is 6.16. The smallest absolute Gasteiger partial charge is 0.263 e. The maximum atomic E-state index is 12.4. The van der Waals surface area contributed by atoms with Crippen LogP contribution >= 0.6 is 11.3 Å². The number of aromatic nitrogens is 4. The van der Waals surface area contributed by atoms with Crippen LogP contribution in [0, 0.1) is 5.92 Å². The number of hydrogen-bond donors (Lipinski definition) is 2. The Hall–Kier alpha value is -2.19. The summed E-state index contributed by atoms with van der Waals surface area (Å²) < 4.78 is 1.81. The SMILES string of the molecule is CC(C)(C)n1ncc2c(=O)[nH]c(NCC3CCN(Cc4cccs4)CC3)nc21. The molecule has 3 aromatic rings. The number of rotatable bonds is 5. The van der Waals surface area contributed by atoms with E-state index in [1.165, 1.54) is 4.88 Å². The highest BCUT2D eigenvalue weighted by molar-refractivity contribution is 7.09. The molecule has 28 heavy (non-hydrogen) atoms. The van der Waals surface area contributed by atoms with Crippen molar-refractivity contribution in [1.29, 1.82) is 0 Å². The fraction of sp³-hybridized carbons (Fsp3) is 0.550. The predicted octanol–water partition coefficient (Wildman–Crippen LogP) is 3.26. The van der Waals surface area contributed by atoms with Crippen molar-refractivity contribution in [3.05, 3.63) is 38.9 Å². The minimum Gasteiger partial charge on any atom is -0.355 e. The lowest BCUT2D eigenvalue weighted by atomic mass is 9.97. The molecule has 7 nitrogen and oxygen atoms in total. The van der Waals surface area contributed by atoms with Crippen LogP contribution in [0.3, 0.4) is 0 Å². The summed E-state index contributed by atoms with van der Waals surface area (Å²) in [5.74, 6) is 1.12. The molecule has 0 atom stereocenters. The average Bonchev–Trinajstić information content (AvgIpc) is 3.30. The van der Waals surface area contributed by atoms with Gasteiger partial charge in [-0.15, -0.1) is 11.3 Å². The van der Waals surface area contributed by atoms with Crippen molar-refractivity contribution in [2.24, 2.45) is 5.92 Å². The molecule has 0 aliphatic carbocycles. The summed E-state index contributed by atoms with van der Waals surface area (Å²) in [4.78, 5) is 23.8. The minimum absolute atomic E-state index is 0.145. The minimum atomic E-state index is -0.227. The number of anilines is 1. The summed E-state index contributed by atoms with van der Waals surface area (Å²) >= 11 is 1.83. The molecule has 8 heteroatoms. The maximum absolute atomic E-state index is 12.4. The summed E-state index contributed by atoms with van der Waals surface area (Å²) in [6.45, 7) is 10.3. The van der Waals surface area contributed by atoms with Crippen molar-refractivity contribution in [3.8, 4) is 0 Å². The molecule has 0 saturated carbocycles. The molecule has 4 heterocycles. The summed E-state index contributed by atoms with van der Waals surface area (Å²) in [6.07, 6.45) is 3.91. The first-order valence-corrected chi connectivity index (χ1v) is 10.8. The van der Waals surface area contributed by atoms with Crippen molar-refractivity contribution in [2.45, 2.75) is 45.7 Å². The first-order valence-electron chi connectivity index (χ1n) is 9.87. The second-order valence-electron chi connectivity index (χ2n) is 8.56. The predicted molar refractivity (Wildman–Crippen MR) is 114 cm³/mol. The van der Waals surface area contributed by atoms with Crippen LogP contribution < -0.4 is 10.9 Å². The van der Waals surface area contributed by atoms with Gasteiger partial charge in [0.25, 0.3) is 5.56 Å². The number of piperidine rings is 1. The number of likely N-dealkylation sites (tertiary alicyclic amines) is 1. The molecule has 0 spiro atoms. The van der Waals surface area contributed by atoms with Gasteiger partial charge in [0, 0.05) is 18.0 Å². The highest BCUT2D eigenvalue weighted by Gasteiger charge is 2.22. The molecule has 1 aliphatic rings. The molecule has 0 bridgehead atoms. The van der Waals surface area contributed by atoms with E-state index in [9.17, 15) is 4.79 Å². The van der Waals surface area contributed by atoms with Gasteiger partial charge < -0.3 is 5.32 Å². The normalized spacial score (nSPS) is 16.7. The van der Waals surface area contributed by atoms with Crippen LogP contribution in [0.1, 0.15) is 38.5 Å². The zero-order valence-electron chi connectivity index (χ0n) is 16.7. The lowest BCUT2D eigenvalue weighted by Crippen LogP contribution is -2.35. The van der Waals surface area contributed by atoms with Crippen LogP contribution in [-0.4, -0.2) is 44.3 Å². The van der Waals surface area contributed by atoms with Crippen LogP contribution in [0.2, 0.25) is 0 Å². The molecule has 0 radical (unpaired) electrons. The Bertz CT molecular complexity index is 976. The molecule has 1 saturated heterocycles. The highest BCUT2D eigenvalue weighted by atomic mass is 32.1. The number of aromatic amines is 1. The monoisotopic (exact) mass is 400 g/mol. The fourth-order valence-electron chi connectivity index (χ4n) is 3.71. The van der Waals surface area contributed by atoms with Crippen molar-refractivity contribution in [3.63, 3.8) is 0 Å². The average molecular weight is 401 g/mol. The van der Waals surface area contributed by atoms with Crippen LogP contribution in [0.15, 0.2) is 28.5 Å². The molecule has 4 rings (SSSR count). The quantitative estimate of drug-likeness (QED) is 0.687. The molecule has 1 aliphatic heterocycles. The van der Waals surface area contributed by atoms with Crippen LogP contribution in [0.4, 0.5) is 5.95 Å². The summed E-state index contributed by atoms with van der Waals surface area (Å²) in [6, 6.07) is 4.33. The van der Waals surface area contributed by atoms with Crippen molar-refractivity contribution >= 4 is 28.3 Å². The van der Waals surface area contributed by atoms with Gasteiger partial charge in [0.05, 0.1) is 11.7 Å². The van der Waals surface area contributed by atoms with E-state index in [2.05, 4.69) is 63.6 Å². The van der Waals surface area contributed by atoms with Gasteiger partial charge in [-0.1, -0.05) is 6.07 Å². The Morgan fingerprint density at radius 2 is 2.11 bits per heavy atom.